The molecule has 0 unspecified atom stereocenters. The summed E-state index contributed by atoms with van der Waals surface area (Å²) in [6, 6.07) is 9.45. The number of hydrogen-bond donors (Lipinski definition) is 2. The number of carboxylic acids is 2. The Labute approximate surface area is 151 Å². The van der Waals surface area contributed by atoms with Gasteiger partial charge in [0.05, 0.1) is 33.9 Å². The number of rotatable bonds is 6. The molecule has 136 valence electrons. The van der Waals surface area contributed by atoms with Crippen LogP contribution in [0.2, 0.25) is 0 Å². The van der Waals surface area contributed by atoms with Crippen LogP contribution in [0.4, 0.5) is 22.7 Å². The molecule has 0 aliphatic heterocycles. The normalized spacial score (nSPS) is 10.8. The summed E-state index contributed by atoms with van der Waals surface area (Å²) in [5, 5.41) is 26.7. The monoisotopic (exact) mass is 356 g/mol. The van der Waals surface area contributed by atoms with Crippen molar-refractivity contribution in [3.8, 4) is 0 Å². The molecule has 0 radical (unpaired) electrons. The van der Waals surface area contributed by atoms with E-state index >= 15 is 0 Å². The minimum absolute atomic E-state index is 0.112. The highest BCUT2D eigenvalue weighted by Gasteiger charge is 2.14. The molecule has 0 fully saturated rings. The van der Waals surface area contributed by atoms with Crippen molar-refractivity contribution in [2.75, 3.05) is 38.0 Å². The van der Waals surface area contributed by atoms with Gasteiger partial charge in [-0.2, -0.15) is 10.2 Å². The summed E-state index contributed by atoms with van der Waals surface area (Å²) in [5.74, 6) is -2.12. The van der Waals surface area contributed by atoms with E-state index in [2.05, 4.69) is 10.2 Å². The van der Waals surface area contributed by atoms with Gasteiger partial charge in [-0.05, 0) is 36.4 Å². The zero-order valence-electron chi connectivity index (χ0n) is 15.0. The van der Waals surface area contributed by atoms with Gasteiger partial charge in [0.25, 0.3) is 0 Å². The first kappa shape index (κ1) is 18.9. The highest BCUT2D eigenvalue weighted by Crippen LogP contribution is 2.28. The van der Waals surface area contributed by atoms with Crippen molar-refractivity contribution in [2.24, 2.45) is 10.2 Å². The van der Waals surface area contributed by atoms with Crippen molar-refractivity contribution >= 4 is 34.7 Å². The van der Waals surface area contributed by atoms with Gasteiger partial charge in [0.2, 0.25) is 0 Å². The Morgan fingerprint density at radius 2 is 1.08 bits per heavy atom. The lowest BCUT2D eigenvalue weighted by atomic mass is 10.1. The van der Waals surface area contributed by atoms with Crippen LogP contribution in [-0.2, 0) is 0 Å². The highest BCUT2D eigenvalue weighted by molar-refractivity contribution is 5.96. The first-order valence-corrected chi connectivity index (χ1v) is 7.71. The van der Waals surface area contributed by atoms with E-state index in [9.17, 15) is 19.8 Å². The third-order valence-electron chi connectivity index (χ3n) is 3.67. The molecular weight excluding hydrogens is 336 g/mol. The third kappa shape index (κ3) is 4.15. The van der Waals surface area contributed by atoms with Crippen LogP contribution in [-0.4, -0.2) is 50.3 Å². The van der Waals surface area contributed by atoms with Crippen molar-refractivity contribution < 1.29 is 19.8 Å². The Balaban J connectivity index is 2.38. The third-order valence-corrected chi connectivity index (χ3v) is 3.67. The van der Waals surface area contributed by atoms with Gasteiger partial charge in [-0.25, -0.2) is 9.59 Å². The number of benzene rings is 2. The van der Waals surface area contributed by atoms with Crippen LogP contribution in [0.5, 0.6) is 0 Å². The number of hydrogen-bond acceptors (Lipinski definition) is 6. The SMILES string of the molecule is CN(C)c1ccc(N=Nc2ccc(N(C)C)c(C(=O)O)c2)cc1C(=O)O. The van der Waals surface area contributed by atoms with E-state index in [1.54, 1.807) is 62.3 Å². The average Bonchev–Trinajstić information content (AvgIpc) is 2.59. The number of anilines is 2. The minimum atomic E-state index is -1.06. The van der Waals surface area contributed by atoms with Crippen molar-refractivity contribution in [3.63, 3.8) is 0 Å². The van der Waals surface area contributed by atoms with Gasteiger partial charge in [-0.3, -0.25) is 0 Å². The lowest BCUT2D eigenvalue weighted by molar-refractivity contribution is 0.0686. The second kappa shape index (κ2) is 7.64. The molecule has 0 saturated heterocycles. The Morgan fingerprint density at radius 3 is 1.35 bits per heavy atom. The molecule has 2 N–H and O–H groups in total. The van der Waals surface area contributed by atoms with Crippen molar-refractivity contribution in [1.29, 1.82) is 0 Å². The van der Waals surface area contributed by atoms with E-state index in [1.807, 2.05) is 0 Å². The molecule has 26 heavy (non-hydrogen) atoms. The predicted molar refractivity (Wildman–Crippen MR) is 99.6 cm³/mol. The molecule has 0 spiro atoms. The van der Waals surface area contributed by atoms with E-state index in [-0.39, 0.29) is 11.1 Å². The second-order valence-corrected chi connectivity index (χ2v) is 6.00. The first-order valence-electron chi connectivity index (χ1n) is 7.71. The Hall–Kier alpha value is -3.42. The van der Waals surface area contributed by atoms with Gasteiger partial charge in [-0.1, -0.05) is 0 Å². The van der Waals surface area contributed by atoms with Crippen LogP contribution < -0.4 is 9.80 Å². The molecule has 0 saturated carbocycles. The van der Waals surface area contributed by atoms with Crippen LogP contribution in [0.25, 0.3) is 0 Å². The van der Waals surface area contributed by atoms with E-state index in [4.69, 9.17) is 0 Å². The van der Waals surface area contributed by atoms with Gasteiger partial charge in [0, 0.05) is 28.2 Å². The van der Waals surface area contributed by atoms with Crippen molar-refractivity contribution in [1.82, 2.24) is 0 Å². The molecule has 0 aliphatic carbocycles. The van der Waals surface area contributed by atoms with Gasteiger partial charge in [0.1, 0.15) is 0 Å². The zero-order valence-corrected chi connectivity index (χ0v) is 15.0. The number of aromatic carboxylic acids is 2. The fraction of sp³-hybridized carbons (Fsp3) is 0.222. The maximum atomic E-state index is 11.4. The van der Waals surface area contributed by atoms with Crippen LogP contribution in [0.1, 0.15) is 20.7 Å². The maximum Gasteiger partial charge on any atom is 0.337 e. The van der Waals surface area contributed by atoms with Crippen molar-refractivity contribution in [3.05, 3.63) is 47.5 Å². The topological polar surface area (TPSA) is 106 Å². The summed E-state index contributed by atoms with van der Waals surface area (Å²) in [6.07, 6.45) is 0. The van der Waals surface area contributed by atoms with Gasteiger partial charge >= 0.3 is 11.9 Å². The second-order valence-electron chi connectivity index (χ2n) is 6.00. The fourth-order valence-corrected chi connectivity index (χ4v) is 2.41. The number of carboxylic acid groups (broad SMARTS) is 2. The lowest BCUT2D eigenvalue weighted by Gasteiger charge is -2.15. The van der Waals surface area contributed by atoms with Crippen molar-refractivity contribution in [2.45, 2.75) is 0 Å². The number of azo groups is 1. The molecule has 8 heteroatoms. The fourth-order valence-electron chi connectivity index (χ4n) is 2.41. The molecule has 0 atom stereocenters. The summed E-state index contributed by atoms with van der Waals surface area (Å²) < 4.78 is 0. The molecule has 2 aromatic carbocycles. The van der Waals surface area contributed by atoms with E-state index in [0.717, 1.165) is 0 Å². The highest BCUT2D eigenvalue weighted by atomic mass is 16.4. The molecule has 0 aliphatic rings. The molecule has 0 bridgehead atoms. The lowest BCUT2D eigenvalue weighted by Crippen LogP contribution is -2.13. The Morgan fingerprint density at radius 1 is 0.731 bits per heavy atom. The van der Waals surface area contributed by atoms with Crippen LogP contribution in [0.3, 0.4) is 0 Å². The van der Waals surface area contributed by atoms with E-state index in [0.29, 0.717) is 22.7 Å². The van der Waals surface area contributed by atoms with Crippen LogP contribution in [0, 0.1) is 0 Å². The molecule has 2 rings (SSSR count). The smallest absolute Gasteiger partial charge is 0.337 e. The zero-order chi connectivity index (χ0) is 19.4. The molecule has 2 aromatic rings. The standard InChI is InChI=1S/C18H20N4O4/c1-21(2)15-7-5-11(9-13(15)17(23)24)19-20-12-6-8-16(22(3)4)14(10-12)18(25)26/h5-10H,1-4H3,(H,23,24)(H,25,26). The number of nitrogens with zero attached hydrogens (tertiary/aromatic N) is 4. The van der Waals surface area contributed by atoms with Gasteiger partial charge in [0.15, 0.2) is 0 Å². The van der Waals surface area contributed by atoms with Crippen LogP contribution >= 0.6 is 0 Å². The summed E-state index contributed by atoms with van der Waals surface area (Å²) in [5.41, 5.74) is 2.06. The summed E-state index contributed by atoms with van der Waals surface area (Å²) in [4.78, 5) is 26.2. The Bertz CT molecular complexity index is 804. The number of carbonyl (C=O) groups is 2. The molecule has 8 nitrogen and oxygen atoms in total. The average molecular weight is 356 g/mol. The quantitative estimate of drug-likeness (QED) is 0.766. The Kier molecular flexibility index (Phi) is 5.56. The largest absolute Gasteiger partial charge is 0.478 e. The van der Waals surface area contributed by atoms with E-state index < -0.39 is 11.9 Å². The molecule has 0 heterocycles. The maximum absolute atomic E-state index is 11.4. The first-order chi connectivity index (χ1) is 12.2. The summed E-state index contributed by atoms with van der Waals surface area (Å²) in [7, 11) is 7.01. The summed E-state index contributed by atoms with van der Waals surface area (Å²) in [6.45, 7) is 0. The summed E-state index contributed by atoms with van der Waals surface area (Å²) >= 11 is 0. The molecule has 0 amide bonds. The molecular formula is C18H20N4O4. The molecule has 0 aromatic heterocycles. The predicted octanol–water partition coefficient (Wildman–Crippen LogP) is 3.63. The minimum Gasteiger partial charge on any atom is -0.478 e. The van der Waals surface area contributed by atoms with Crippen LogP contribution in [0.15, 0.2) is 46.6 Å². The van der Waals surface area contributed by atoms with Gasteiger partial charge in [-0.15, -0.1) is 0 Å². The van der Waals surface area contributed by atoms with Gasteiger partial charge < -0.3 is 20.0 Å². The van der Waals surface area contributed by atoms with E-state index in [1.165, 1.54) is 12.1 Å².